The molecule has 1 aromatic heterocycles. The zero-order valence-electron chi connectivity index (χ0n) is 13.7. The fraction of sp³-hybridized carbons (Fsp3) is 0.412. The van der Waals surface area contributed by atoms with Crippen molar-refractivity contribution >= 4 is 23.0 Å². The molecular formula is C17H23N5S. The van der Waals surface area contributed by atoms with Crippen molar-refractivity contribution in [1.29, 1.82) is 0 Å². The normalized spacial score (nSPS) is 15.7. The van der Waals surface area contributed by atoms with Gasteiger partial charge in [0.2, 0.25) is 0 Å². The molecule has 0 saturated carbocycles. The maximum Gasteiger partial charge on any atom is 0.173 e. The van der Waals surface area contributed by atoms with E-state index in [1.807, 2.05) is 30.1 Å². The standard InChI is InChI=1S/C17H23N5S/c1-14-5-3-4-6-16(14)19-17(23)22-9-7-21(8-10-22)13-15-11-18-20(2)12-15/h3-6,11-12H,7-10,13H2,1-2H3,(H,19,23). The minimum absolute atomic E-state index is 0.820. The fourth-order valence-electron chi connectivity index (χ4n) is 2.83. The molecule has 122 valence electrons. The van der Waals surface area contributed by atoms with Crippen molar-refractivity contribution in [2.24, 2.45) is 7.05 Å². The van der Waals surface area contributed by atoms with Gasteiger partial charge in [0.1, 0.15) is 0 Å². The first kappa shape index (κ1) is 16.0. The van der Waals surface area contributed by atoms with Crippen LogP contribution in [-0.2, 0) is 13.6 Å². The van der Waals surface area contributed by atoms with Gasteiger partial charge < -0.3 is 10.2 Å². The van der Waals surface area contributed by atoms with Crippen molar-refractivity contribution in [1.82, 2.24) is 19.6 Å². The lowest BCUT2D eigenvalue weighted by Gasteiger charge is -2.36. The molecule has 0 spiro atoms. The van der Waals surface area contributed by atoms with E-state index in [0.29, 0.717) is 0 Å². The highest BCUT2D eigenvalue weighted by atomic mass is 32.1. The first-order valence-corrected chi connectivity index (χ1v) is 8.34. The fourth-order valence-corrected chi connectivity index (χ4v) is 3.12. The molecule has 1 aliphatic rings. The molecule has 23 heavy (non-hydrogen) atoms. The van der Waals surface area contributed by atoms with Crippen LogP contribution < -0.4 is 5.32 Å². The number of anilines is 1. The molecule has 0 amide bonds. The van der Waals surface area contributed by atoms with Gasteiger partial charge in [0.15, 0.2) is 5.11 Å². The SMILES string of the molecule is Cc1ccccc1NC(=S)N1CCN(Cc2cnn(C)c2)CC1. The number of aryl methyl sites for hydroxylation is 2. The summed E-state index contributed by atoms with van der Waals surface area (Å²) < 4.78 is 1.85. The molecule has 0 aliphatic carbocycles. The van der Waals surface area contributed by atoms with Crippen molar-refractivity contribution in [3.63, 3.8) is 0 Å². The number of hydrogen-bond acceptors (Lipinski definition) is 3. The number of para-hydroxylation sites is 1. The second-order valence-corrected chi connectivity index (χ2v) is 6.42. The second kappa shape index (κ2) is 7.10. The van der Waals surface area contributed by atoms with Crippen LogP contribution in [0.25, 0.3) is 0 Å². The van der Waals surface area contributed by atoms with Crippen molar-refractivity contribution in [2.45, 2.75) is 13.5 Å². The summed E-state index contributed by atoms with van der Waals surface area (Å²) in [5, 5.41) is 8.42. The van der Waals surface area contributed by atoms with Crippen LogP contribution in [0.4, 0.5) is 5.69 Å². The lowest BCUT2D eigenvalue weighted by molar-refractivity contribution is 0.177. The Balaban J connectivity index is 1.50. The smallest absolute Gasteiger partial charge is 0.173 e. The van der Waals surface area contributed by atoms with Crippen LogP contribution in [0.3, 0.4) is 0 Å². The Morgan fingerprint density at radius 2 is 1.96 bits per heavy atom. The Morgan fingerprint density at radius 3 is 2.61 bits per heavy atom. The second-order valence-electron chi connectivity index (χ2n) is 6.03. The van der Waals surface area contributed by atoms with Crippen molar-refractivity contribution in [2.75, 3.05) is 31.5 Å². The molecule has 5 nitrogen and oxygen atoms in total. The van der Waals surface area contributed by atoms with Crippen LogP contribution in [0.2, 0.25) is 0 Å². The molecule has 1 aromatic carbocycles. The summed E-state index contributed by atoms with van der Waals surface area (Å²) in [5.41, 5.74) is 3.57. The monoisotopic (exact) mass is 329 g/mol. The van der Waals surface area contributed by atoms with Crippen LogP contribution in [0.15, 0.2) is 36.7 Å². The van der Waals surface area contributed by atoms with E-state index in [4.69, 9.17) is 12.2 Å². The van der Waals surface area contributed by atoms with E-state index in [1.165, 1.54) is 11.1 Å². The number of nitrogens with zero attached hydrogens (tertiary/aromatic N) is 4. The average molecular weight is 329 g/mol. The Labute approximate surface area is 142 Å². The summed E-state index contributed by atoms with van der Waals surface area (Å²) in [7, 11) is 1.96. The van der Waals surface area contributed by atoms with E-state index < -0.39 is 0 Å². The van der Waals surface area contributed by atoms with Gasteiger partial charge in [-0.05, 0) is 30.8 Å². The molecule has 2 aromatic rings. The van der Waals surface area contributed by atoms with Crippen LogP contribution in [0, 0.1) is 6.92 Å². The minimum atomic E-state index is 0.820. The van der Waals surface area contributed by atoms with Gasteiger partial charge in [-0.15, -0.1) is 0 Å². The van der Waals surface area contributed by atoms with Gasteiger partial charge in [-0.3, -0.25) is 9.58 Å². The molecule has 0 atom stereocenters. The van der Waals surface area contributed by atoms with Gasteiger partial charge in [-0.2, -0.15) is 5.10 Å². The van der Waals surface area contributed by atoms with Crippen molar-refractivity contribution < 1.29 is 0 Å². The number of aromatic nitrogens is 2. The van der Waals surface area contributed by atoms with E-state index in [-0.39, 0.29) is 0 Å². The van der Waals surface area contributed by atoms with Gasteiger partial charge in [-0.25, -0.2) is 0 Å². The highest BCUT2D eigenvalue weighted by molar-refractivity contribution is 7.80. The molecule has 1 aliphatic heterocycles. The third kappa shape index (κ3) is 4.09. The van der Waals surface area contributed by atoms with E-state index in [1.54, 1.807) is 0 Å². The largest absolute Gasteiger partial charge is 0.346 e. The van der Waals surface area contributed by atoms with E-state index >= 15 is 0 Å². The topological polar surface area (TPSA) is 36.3 Å². The summed E-state index contributed by atoms with van der Waals surface area (Å²) in [6.45, 7) is 7.00. The molecule has 1 fully saturated rings. The van der Waals surface area contributed by atoms with Crippen LogP contribution in [0.5, 0.6) is 0 Å². The number of benzene rings is 1. The zero-order valence-corrected chi connectivity index (χ0v) is 14.5. The molecule has 0 unspecified atom stereocenters. The number of nitrogens with one attached hydrogen (secondary N) is 1. The van der Waals surface area contributed by atoms with Gasteiger partial charge in [0.05, 0.1) is 6.20 Å². The Hall–Kier alpha value is -1.92. The predicted octanol–water partition coefficient (Wildman–Crippen LogP) is 2.24. The maximum absolute atomic E-state index is 5.57. The first-order valence-electron chi connectivity index (χ1n) is 7.93. The third-order valence-electron chi connectivity index (χ3n) is 4.21. The van der Waals surface area contributed by atoms with Gasteiger partial charge in [0, 0.05) is 57.2 Å². The number of rotatable bonds is 3. The van der Waals surface area contributed by atoms with Crippen LogP contribution >= 0.6 is 12.2 Å². The molecule has 2 heterocycles. The van der Waals surface area contributed by atoms with Gasteiger partial charge in [-0.1, -0.05) is 18.2 Å². The Kier molecular flexibility index (Phi) is 4.93. The van der Waals surface area contributed by atoms with Gasteiger partial charge in [0.25, 0.3) is 0 Å². The average Bonchev–Trinajstić information content (AvgIpc) is 2.95. The Bertz CT molecular complexity index is 673. The highest BCUT2D eigenvalue weighted by Crippen LogP contribution is 2.15. The summed E-state index contributed by atoms with van der Waals surface area (Å²) in [6, 6.07) is 8.24. The third-order valence-corrected chi connectivity index (χ3v) is 4.57. The molecule has 0 radical (unpaired) electrons. The summed E-state index contributed by atoms with van der Waals surface area (Å²) >= 11 is 5.57. The van der Waals surface area contributed by atoms with Crippen molar-refractivity contribution in [3.8, 4) is 0 Å². The lowest BCUT2D eigenvalue weighted by atomic mass is 10.2. The summed E-state index contributed by atoms with van der Waals surface area (Å²) in [5.74, 6) is 0. The minimum Gasteiger partial charge on any atom is -0.346 e. The first-order chi connectivity index (χ1) is 11.1. The lowest BCUT2D eigenvalue weighted by Crippen LogP contribution is -2.49. The zero-order chi connectivity index (χ0) is 16.2. The van der Waals surface area contributed by atoms with E-state index in [9.17, 15) is 0 Å². The maximum atomic E-state index is 5.57. The molecule has 1 N–H and O–H groups in total. The predicted molar refractivity (Wildman–Crippen MR) is 97.5 cm³/mol. The Morgan fingerprint density at radius 1 is 1.22 bits per heavy atom. The van der Waals surface area contributed by atoms with Crippen molar-refractivity contribution in [3.05, 3.63) is 47.8 Å². The van der Waals surface area contributed by atoms with Crippen LogP contribution in [0.1, 0.15) is 11.1 Å². The summed E-state index contributed by atoms with van der Waals surface area (Å²) in [6.07, 6.45) is 4.02. The molecule has 1 saturated heterocycles. The van der Waals surface area contributed by atoms with Crippen LogP contribution in [-0.4, -0.2) is 50.9 Å². The molecule has 6 heteroatoms. The van der Waals surface area contributed by atoms with Gasteiger partial charge >= 0.3 is 0 Å². The highest BCUT2D eigenvalue weighted by Gasteiger charge is 2.19. The number of hydrogen-bond donors (Lipinski definition) is 1. The number of thiocarbonyl (C=S) groups is 1. The molecule has 3 rings (SSSR count). The van der Waals surface area contributed by atoms with E-state index in [0.717, 1.165) is 43.5 Å². The molecule has 0 bridgehead atoms. The number of piperazine rings is 1. The molecular weight excluding hydrogens is 306 g/mol. The quantitative estimate of drug-likeness (QED) is 0.874. The summed E-state index contributed by atoms with van der Waals surface area (Å²) in [4.78, 5) is 4.70. The van der Waals surface area contributed by atoms with E-state index in [2.05, 4.69) is 45.5 Å².